The fourth-order valence-electron chi connectivity index (χ4n) is 2.26. The minimum absolute atomic E-state index is 0.0640. The Bertz CT molecular complexity index is 664. The summed E-state index contributed by atoms with van der Waals surface area (Å²) in [5.74, 6) is -1.50. The van der Waals surface area contributed by atoms with E-state index >= 15 is 0 Å². The first-order valence-corrected chi connectivity index (χ1v) is 7.19. The molecule has 0 saturated heterocycles. The number of anilines is 2. The topological polar surface area (TPSA) is 41.1 Å². The van der Waals surface area contributed by atoms with Crippen molar-refractivity contribution in [3.63, 3.8) is 0 Å². The normalized spacial score (nSPS) is 10.4. The van der Waals surface area contributed by atoms with Gasteiger partial charge in [0.2, 0.25) is 0 Å². The maximum absolute atomic E-state index is 13.6. The van der Waals surface area contributed by atoms with Gasteiger partial charge in [0.05, 0.1) is 5.69 Å². The summed E-state index contributed by atoms with van der Waals surface area (Å²) in [4.78, 5) is 12.1. The van der Waals surface area contributed by atoms with Crippen LogP contribution in [0.3, 0.4) is 0 Å². The average Bonchev–Trinajstić information content (AvgIpc) is 2.50. The first-order valence-electron chi connectivity index (χ1n) is 7.19. The molecular weight excluding hydrogens is 286 g/mol. The first kappa shape index (κ1) is 15.9. The second-order valence-electron chi connectivity index (χ2n) is 4.86. The molecule has 0 saturated carbocycles. The summed E-state index contributed by atoms with van der Waals surface area (Å²) in [5.41, 5.74) is 2.70. The van der Waals surface area contributed by atoms with Crippen LogP contribution in [0.5, 0.6) is 0 Å². The lowest BCUT2D eigenvalue weighted by Crippen LogP contribution is -2.21. The summed E-state index contributed by atoms with van der Waals surface area (Å²) in [6.45, 7) is 4.00. The third kappa shape index (κ3) is 3.61. The number of benzene rings is 2. The number of hydrogen-bond acceptors (Lipinski definition) is 1. The summed E-state index contributed by atoms with van der Waals surface area (Å²) in [6, 6.07) is 8.28. The number of carbonyl (C=O) groups excluding carboxylic acids is 1. The molecule has 0 atom stereocenters. The average molecular weight is 304 g/mol. The van der Waals surface area contributed by atoms with Gasteiger partial charge in [-0.3, -0.25) is 0 Å². The highest BCUT2D eigenvalue weighted by atomic mass is 19.1. The second kappa shape index (κ2) is 7.02. The van der Waals surface area contributed by atoms with Gasteiger partial charge in [0.15, 0.2) is 0 Å². The van der Waals surface area contributed by atoms with Gasteiger partial charge >= 0.3 is 6.03 Å². The highest BCUT2D eigenvalue weighted by Crippen LogP contribution is 2.23. The zero-order valence-electron chi connectivity index (χ0n) is 12.5. The van der Waals surface area contributed by atoms with Gasteiger partial charge in [-0.25, -0.2) is 13.6 Å². The van der Waals surface area contributed by atoms with E-state index in [4.69, 9.17) is 0 Å². The first-order chi connectivity index (χ1) is 10.5. The second-order valence-corrected chi connectivity index (χ2v) is 4.86. The van der Waals surface area contributed by atoms with Crippen LogP contribution >= 0.6 is 0 Å². The smallest absolute Gasteiger partial charge is 0.307 e. The summed E-state index contributed by atoms with van der Waals surface area (Å²) in [5, 5.41) is 5.16. The summed E-state index contributed by atoms with van der Waals surface area (Å²) < 4.78 is 26.4. The van der Waals surface area contributed by atoms with Gasteiger partial charge in [0, 0.05) is 11.8 Å². The molecule has 116 valence electrons. The van der Waals surface area contributed by atoms with Crippen molar-refractivity contribution in [2.24, 2.45) is 0 Å². The lowest BCUT2D eigenvalue weighted by atomic mass is 10.0. The molecule has 0 heterocycles. The van der Waals surface area contributed by atoms with Crippen LogP contribution in [-0.2, 0) is 12.8 Å². The molecule has 5 heteroatoms. The van der Waals surface area contributed by atoms with E-state index in [0.29, 0.717) is 0 Å². The predicted molar refractivity (Wildman–Crippen MR) is 84.2 cm³/mol. The van der Waals surface area contributed by atoms with Crippen molar-refractivity contribution in [3.8, 4) is 0 Å². The molecule has 0 aliphatic rings. The number of hydrogen-bond donors (Lipinski definition) is 2. The minimum Gasteiger partial charge on any atom is -0.307 e. The van der Waals surface area contributed by atoms with Gasteiger partial charge in [-0.15, -0.1) is 0 Å². The molecule has 2 N–H and O–H groups in total. The largest absolute Gasteiger partial charge is 0.323 e. The Kier molecular flexibility index (Phi) is 5.09. The Morgan fingerprint density at radius 3 is 2.18 bits per heavy atom. The van der Waals surface area contributed by atoms with Gasteiger partial charge < -0.3 is 10.6 Å². The summed E-state index contributed by atoms with van der Waals surface area (Å²) in [6.07, 6.45) is 1.54. The highest BCUT2D eigenvalue weighted by Gasteiger charge is 2.12. The summed E-state index contributed by atoms with van der Waals surface area (Å²) in [7, 11) is 0. The van der Waals surface area contributed by atoms with E-state index in [1.807, 2.05) is 32.0 Å². The van der Waals surface area contributed by atoms with Crippen molar-refractivity contribution >= 4 is 17.4 Å². The van der Waals surface area contributed by atoms with Crippen LogP contribution in [0, 0.1) is 11.6 Å². The van der Waals surface area contributed by atoms with Crippen LogP contribution in [0.1, 0.15) is 25.0 Å². The van der Waals surface area contributed by atoms with Crippen LogP contribution in [0.4, 0.5) is 25.0 Å². The Hall–Kier alpha value is -2.43. The van der Waals surface area contributed by atoms with Crippen molar-refractivity contribution in [1.82, 2.24) is 0 Å². The van der Waals surface area contributed by atoms with E-state index in [2.05, 4.69) is 10.6 Å². The van der Waals surface area contributed by atoms with Gasteiger partial charge in [-0.2, -0.15) is 0 Å². The number of carbonyl (C=O) groups is 1. The zero-order valence-corrected chi connectivity index (χ0v) is 12.5. The molecule has 0 radical (unpaired) electrons. The maximum atomic E-state index is 13.6. The maximum Gasteiger partial charge on any atom is 0.323 e. The van der Waals surface area contributed by atoms with Crippen molar-refractivity contribution in [2.75, 3.05) is 10.6 Å². The lowest BCUT2D eigenvalue weighted by Gasteiger charge is -2.15. The Labute approximate surface area is 128 Å². The molecule has 22 heavy (non-hydrogen) atoms. The van der Waals surface area contributed by atoms with E-state index in [1.165, 1.54) is 6.07 Å². The number of halogens is 2. The number of amides is 2. The number of para-hydroxylation sites is 1. The number of rotatable bonds is 4. The standard InChI is InChI=1S/C17H18F2N2O/c1-3-11-6-5-7-12(4-2)16(11)21-17(22)20-15-9-8-13(18)10-14(15)19/h5-10H,3-4H2,1-2H3,(H2,20,21,22). The highest BCUT2D eigenvalue weighted by molar-refractivity contribution is 6.00. The van der Waals surface area contributed by atoms with Crippen molar-refractivity contribution < 1.29 is 13.6 Å². The molecule has 2 amide bonds. The fraction of sp³-hybridized carbons (Fsp3) is 0.235. The monoisotopic (exact) mass is 304 g/mol. The Morgan fingerprint density at radius 2 is 1.64 bits per heavy atom. The molecule has 0 bridgehead atoms. The van der Waals surface area contributed by atoms with Crippen molar-refractivity contribution in [3.05, 3.63) is 59.2 Å². The SMILES string of the molecule is CCc1cccc(CC)c1NC(=O)Nc1ccc(F)cc1F. The third-order valence-corrected chi connectivity index (χ3v) is 3.42. The van der Waals surface area contributed by atoms with E-state index < -0.39 is 17.7 Å². The molecule has 0 fully saturated rings. The molecule has 0 spiro atoms. The van der Waals surface area contributed by atoms with Crippen LogP contribution in [0.15, 0.2) is 36.4 Å². The molecule has 0 unspecified atom stereocenters. The number of urea groups is 1. The Morgan fingerprint density at radius 1 is 1.00 bits per heavy atom. The van der Waals surface area contributed by atoms with Crippen molar-refractivity contribution in [2.45, 2.75) is 26.7 Å². The van der Waals surface area contributed by atoms with Gasteiger partial charge in [-0.1, -0.05) is 32.0 Å². The third-order valence-electron chi connectivity index (χ3n) is 3.42. The van der Waals surface area contributed by atoms with Crippen LogP contribution in [0.25, 0.3) is 0 Å². The quantitative estimate of drug-likeness (QED) is 0.842. The number of aryl methyl sites for hydroxylation is 2. The van der Waals surface area contributed by atoms with E-state index in [0.717, 1.165) is 41.8 Å². The van der Waals surface area contributed by atoms with E-state index in [-0.39, 0.29) is 5.69 Å². The molecule has 2 rings (SSSR count). The molecule has 0 aliphatic carbocycles. The van der Waals surface area contributed by atoms with E-state index in [9.17, 15) is 13.6 Å². The molecule has 3 nitrogen and oxygen atoms in total. The molecule has 0 aromatic heterocycles. The van der Waals surface area contributed by atoms with Gasteiger partial charge in [-0.05, 0) is 36.1 Å². The fourth-order valence-corrected chi connectivity index (χ4v) is 2.26. The Balaban J connectivity index is 2.19. The molecule has 2 aromatic carbocycles. The van der Waals surface area contributed by atoms with Crippen molar-refractivity contribution in [1.29, 1.82) is 0 Å². The molecule has 0 aliphatic heterocycles. The molecule has 2 aromatic rings. The van der Waals surface area contributed by atoms with Crippen LogP contribution in [-0.4, -0.2) is 6.03 Å². The van der Waals surface area contributed by atoms with Crippen LogP contribution in [0.2, 0.25) is 0 Å². The number of nitrogens with one attached hydrogen (secondary N) is 2. The van der Waals surface area contributed by atoms with Gasteiger partial charge in [0.1, 0.15) is 11.6 Å². The predicted octanol–water partition coefficient (Wildman–Crippen LogP) is 4.73. The van der Waals surface area contributed by atoms with Gasteiger partial charge in [0.25, 0.3) is 0 Å². The zero-order chi connectivity index (χ0) is 16.1. The molecular formula is C17H18F2N2O. The minimum atomic E-state index is -0.811. The summed E-state index contributed by atoms with van der Waals surface area (Å²) >= 11 is 0. The van der Waals surface area contributed by atoms with E-state index in [1.54, 1.807) is 0 Å². The lowest BCUT2D eigenvalue weighted by molar-refractivity contribution is 0.262. The van der Waals surface area contributed by atoms with Crippen LogP contribution < -0.4 is 10.6 Å².